The van der Waals surface area contributed by atoms with Crippen LogP contribution in [0.4, 0.5) is 0 Å². The van der Waals surface area contributed by atoms with Gasteiger partial charge < -0.3 is 10.5 Å². The van der Waals surface area contributed by atoms with E-state index in [0.717, 1.165) is 29.6 Å². The molecule has 0 spiro atoms. The molecule has 0 aliphatic carbocycles. The van der Waals surface area contributed by atoms with Crippen LogP contribution >= 0.6 is 9.24 Å². The van der Waals surface area contributed by atoms with E-state index in [9.17, 15) is 0 Å². The first-order valence-electron chi connectivity index (χ1n) is 5.49. The monoisotopic (exact) mass is 227 g/mol. The molecule has 0 radical (unpaired) electrons. The fraction of sp³-hybridized carbons (Fsp3) is 0.500. The molecule has 2 nitrogen and oxygen atoms in total. The van der Waals surface area contributed by atoms with Crippen molar-refractivity contribution in [3.8, 4) is 5.75 Å². The van der Waals surface area contributed by atoms with Gasteiger partial charge in [-0.25, -0.2) is 0 Å². The van der Waals surface area contributed by atoms with E-state index in [1.165, 1.54) is 0 Å². The van der Waals surface area contributed by atoms with E-state index in [2.05, 4.69) is 16.2 Å². The van der Waals surface area contributed by atoms with Crippen LogP contribution in [0.5, 0.6) is 5.75 Å². The lowest BCUT2D eigenvalue weighted by Crippen LogP contribution is -2.08. The van der Waals surface area contributed by atoms with Crippen LogP contribution in [0.2, 0.25) is 0 Å². The number of hydrogen-bond donors (Lipinski definition) is 1. The molecule has 0 heterocycles. The van der Waals surface area contributed by atoms with E-state index >= 15 is 0 Å². The molecule has 0 aliphatic heterocycles. The smallest absolute Gasteiger partial charge is 0.119 e. The summed E-state index contributed by atoms with van der Waals surface area (Å²) in [5.41, 5.74) is 6.69. The third-order valence-electron chi connectivity index (χ3n) is 1.81. The Morgan fingerprint density at radius 3 is 2.47 bits per heavy atom. The molecule has 1 aromatic rings. The molecule has 1 rings (SSSR count). The average molecular weight is 227 g/mol. The van der Waals surface area contributed by atoms with Gasteiger partial charge in [0, 0.05) is 6.54 Å². The van der Waals surface area contributed by atoms with Gasteiger partial charge in [0.25, 0.3) is 0 Å². The third-order valence-corrected chi connectivity index (χ3v) is 2.35. The Kier molecular flexibility index (Phi) is 8.35. The molecule has 0 aliphatic rings. The minimum atomic E-state index is 0.576. The van der Waals surface area contributed by atoms with E-state index in [1.807, 2.05) is 32.0 Å². The summed E-state index contributed by atoms with van der Waals surface area (Å²) in [5.74, 6) is 0.920. The van der Waals surface area contributed by atoms with Crippen molar-refractivity contribution in [2.24, 2.45) is 5.73 Å². The zero-order valence-corrected chi connectivity index (χ0v) is 11.1. The van der Waals surface area contributed by atoms with Crippen LogP contribution in [0, 0.1) is 0 Å². The Hall–Kier alpha value is -0.590. The molecule has 0 saturated carbocycles. The fourth-order valence-electron chi connectivity index (χ4n) is 1.07. The Morgan fingerprint density at radius 1 is 1.33 bits per heavy atom. The van der Waals surface area contributed by atoms with Crippen molar-refractivity contribution in [2.45, 2.75) is 33.7 Å². The molecule has 0 fully saturated rings. The fourth-order valence-corrected chi connectivity index (χ4v) is 1.45. The van der Waals surface area contributed by atoms with E-state index in [4.69, 9.17) is 10.5 Å². The number of nitrogens with two attached hydrogens (primary N) is 1. The lowest BCUT2D eigenvalue weighted by Gasteiger charge is -2.07. The molecule has 15 heavy (non-hydrogen) atoms. The highest BCUT2D eigenvalue weighted by Crippen LogP contribution is 2.12. The number of hydrogen-bond acceptors (Lipinski definition) is 2. The summed E-state index contributed by atoms with van der Waals surface area (Å²) < 4.78 is 5.48. The molecule has 1 aromatic carbocycles. The number of rotatable bonds is 4. The van der Waals surface area contributed by atoms with Gasteiger partial charge in [-0.15, -0.1) is 9.24 Å². The lowest BCUT2D eigenvalue weighted by molar-refractivity contribution is 0.317. The normalized spacial score (nSPS) is 9.13. The topological polar surface area (TPSA) is 35.2 Å². The van der Waals surface area contributed by atoms with Crippen molar-refractivity contribution >= 4 is 14.5 Å². The van der Waals surface area contributed by atoms with Crippen molar-refractivity contribution in [2.75, 3.05) is 6.61 Å². The highest BCUT2D eigenvalue weighted by Gasteiger charge is 1.98. The molecule has 0 bridgehead atoms. The Morgan fingerprint density at radius 2 is 2.00 bits per heavy atom. The molecule has 0 amide bonds. The van der Waals surface area contributed by atoms with E-state index < -0.39 is 0 Å². The SMILES string of the molecule is CC.CCCOc1ccc(CN)c(P)c1. The highest BCUT2D eigenvalue weighted by atomic mass is 31.0. The number of benzene rings is 1. The first kappa shape index (κ1) is 14.4. The van der Waals surface area contributed by atoms with Crippen LogP contribution in [-0.2, 0) is 6.54 Å². The summed E-state index contributed by atoms with van der Waals surface area (Å²) in [5, 5.41) is 1.12. The van der Waals surface area contributed by atoms with Crippen LogP contribution in [0.15, 0.2) is 18.2 Å². The van der Waals surface area contributed by atoms with Gasteiger partial charge in [-0.3, -0.25) is 0 Å². The van der Waals surface area contributed by atoms with Gasteiger partial charge >= 0.3 is 0 Å². The highest BCUT2D eigenvalue weighted by molar-refractivity contribution is 7.27. The van der Waals surface area contributed by atoms with Crippen LogP contribution < -0.4 is 15.8 Å². The first-order chi connectivity index (χ1) is 7.27. The van der Waals surface area contributed by atoms with Gasteiger partial charge in [0.05, 0.1) is 6.61 Å². The van der Waals surface area contributed by atoms with Gasteiger partial charge in [0.2, 0.25) is 0 Å². The minimum Gasteiger partial charge on any atom is -0.494 e. The molecule has 3 heteroatoms. The maximum atomic E-state index is 5.55. The molecule has 1 atom stereocenters. The van der Waals surface area contributed by atoms with Crippen molar-refractivity contribution in [3.63, 3.8) is 0 Å². The second-order valence-electron chi connectivity index (χ2n) is 2.91. The van der Waals surface area contributed by atoms with Crippen molar-refractivity contribution in [1.29, 1.82) is 0 Å². The van der Waals surface area contributed by atoms with Crippen LogP contribution in [0.25, 0.3) is 0 Å². The predicted molar refractivity (Wildman–Crippen MR) is 70.8 cm³/mol. The lowest BCUT2D eigenvalue weighted by atomic mass is 10.2. The minimum absolute atomic E-state index is 0.576. The molecule has 0 aromatic heterocycles. The van der Waals surface area contributed by atoms with Crippen LogP contribution in [0.3, 0.4) is 0 Å². The maximum absolute atomic E-state index is 5.55. The van der Waals surface area contributed by atoms with Gasteiger partial charge in [0.15, 0.2) is 0 Å². The Bertz CT molecular complexity index is 276. The second kappa shape index (κ2) is 8.70. The van der Waals surface area contributed by atoms with Gasteiger partial charge in [-0.05, 0) is 29.4 Å². The molecule has 0 saturated heterocycles. The van der Waals surface area contributed by atoms with Gasteiger partial charge in [0.1, 0.15) is 5.75 Å². The summed E-state index contributed by atoms with van der Waals surface area (Å²) in [7, 11) is 2.67. The summed E-state index contributed by atoms with van der Waals surface area (Å²) >= 11 is 0. The molecule has 1 unspecified atom stereocenters. The largest absolute Gasteiger partial charge is 0.494 e. The second-order valence-corrected chi connectivity index (χ2v) is 3.54. The Labute approximate surface area is 95.4 Å². The first-order valence-corrected chi connectivity index (χ1v) is 6.07. The maximum Gasteiger partial charge on any atom is 0.119 e. The zero-order valence-electron chi connectivity index (χ0n) is 9.92. The summed E-state index contributed by atoms with van der Waals surface area (Å²) in [4.78, 5) is 0. The van der Waals surface area contributed by atoms with Gasteiger partial charge in [-0.1, -0.05) is 26.8 Å². The standard InChI is InChI=1S/C10H16NOP.C2H6/c1-2-5-12-9-4-3-8(7-11)10(13)6-9;1-2/h3-4,6H,2,5,7,11,13H2,1H3;1-2H3. The summed E-state index contributed by atoms with van der Waals surface area (Å²) in [6.45, 7) is 7.44. The Balaban J connectivity index is 0.000000921. The summed E-state index contributed by atoms with van der Waals surface area (Å²) in [6, 6.07) is 5.97. The predicted octanol–water partition coefficient (Wildman–Crippen LogP) is 2.46. The van der Waals surface area contributed by atoms with E-state index in [1.54, 1.807) is 0 Å². The molecular formula is C12H22NOP. The third kappa shape index (κ3) is 5.15. The van der Waals surface area contributed by atoms with Crippen LogP contribution in [-0.4, -0.2) is 6.61 Å². The quantitative estimate of drug-likeness (QED) is 0.802. The van der Waals surface area contributed by atoms with Crippen molar-refractivity contribution in [3.05, 3.63) is 23.8 Å². The molecular weight excluding hydrogens is 205 g/mol. The molecule has 86 valence electrons. The van der Waals surface area contributed by atoms with E-state index in [-0.39, 0.29) is 0 Å². The van der Waals surface area contributed by atoms with E-state index in [0.29, 0.717) is 6.54 Å². The van der Waals surface area contributed by atoms with Gasteiger partial charge in [-0.2, -0.15) is 0 Å². The van der Waals surface area contributed by atoms with Crippen LogP contribution in [0.1, 0.15) is 32.8 Å². The van der Waals surface area contributed by atoms with Crippen molar-refractivity contribution < 1.29 is 4.74 Å². The molecule has 2 N–H and O–H groups in total. The number of ether oxygens (including phenoxy) is 1. The average Bonchev–Trinajstić information content (AvgIpc) is 2.29. The van der Waals surface area contributed by atoms with Crippen molar-refractivity contribution in [1.82, 2.24) is 0 Å². The zero-order chi connectivity index (χ0) is 11.7. The summed E-state index contributed by atoms with van der Waals surface area (Å²) in [6.07, 6.45) is 1.03.